The number of thiol groups is 1. The molecule has 2 atom stereocenters. The van der Waals surface area contributed by atoms with E-state index in [0.717, 1.165) is 12.2 Å². The van der Waals surface area contributed by atoms with Gasteiger partial charge in [-0.2, -0.15) is 24.4 Å². The highest BCUT2D eigenvalue weighted by Crippen LogP contribution is 2.44. The van der Waals surface area contributed by atoms with Gasteiger partial charge in [-0.1, -0.05) is 107 Å². The van der Waals surface area contributed by atoms with Crippen molar-refractivity contribution < 1.29 is 0 Å². The Morgan fingerprint density at radius 2 is 1.51 bits per heavy atom. The van der Waals surface area contributed by atoms with E-state index in [2.05, 4.69) is 106 Å². The van der Waals surface area contributed by atoms with Crippen LogP contribution in [0.3, 0.4) is 0 Å². The SMILES string of the molecule is CC.CC.CCC(CC1=CCCC(C)=C1)SC(C)(Cc1ccc2ccccc2c1)SC.CCS.CSC. The fourth-order valence-electron chi connectivity index (χ4n) is 3.84. The largest absolute Gasteiger partial charge is 0.180 e. The summed E-state index contributed by atoms with van der Waals surface area (Å²) in [5.74, 6) is 0.944. The van der Waals surface area contributed by atoms with Crippen LogP contribution in [-0.2, 0) is 6.42 Å². The molecule has 3 rings (SSSR count). The first-order valence-corrected chi connectivity index (χ1v) is 18.3. The molecule has 37 heavy (non-hydrogen) atoms. The molecule has 2 unspecified atom stereocenters. The third-order valence-corrected chi connectivity index (χ3v) is 8.76. The van der Waals surface area contributed by atoms with E-state index >= 15 is 0 Å². The number of rotatable bonds is 8. The zero-order valence-corrected chi connectivity index (χ0v) is 29.0. The summed E-state index contributed by atoms with van der Waals surface area (Å²) < 4.78 is 0.205. The van der Waals surface area contributed by atoms with E-state index in [-0.39, 0.29) is 4.08 Å². The normalized spacial score (nSPS) is 14.4. The van der Waals surface area contributed by atoms with Gasteiger partial charge in [-0.3, -0.25) is 0 Å². The molecule has 0 saturated heterocycles. The monoisotopic (exact) mass is 580 g/mol. The lowest BCUT2D eigenvalue weighted by Gasteiger charge is -2.32. The van der Waals surface area contributed by atoms with E-state index < -0.39 is 0 Å². The predicted molar refractivity (Wildman–Crippen MR) is 189 cm³/mol. The number of allylic oxidation sites excluding steroid dienone is 4. The van der Waals surface area contributed by atoms with Crippen LogP contribution in [0.5, 0.6) is 0 Å². The third-order valence-electron chi connectivity index (χ3n) is 5.48. The summed E-state index contributed by atoms with van der Waals surface area (Å²) in [5, 5.41) is 3.36. The Bertz CT molecular complexity index is 870. The van der Waals surface area contributed by atoms with Crippen molar-refractivity contribution in [3.05, 3.63) is 71.3 Å². The van der Waals surface area contributed by atoms with Crippen LogP contribution in [0.25, 0.3) is 10.8 Å². The van der Waals surface area contributed by atoms with Crippen LogP contribution in [0.2, 0.25) is 0 Å². The molecular weight excluding hydrogens is 525 g/mol. The van der Waals surface area contributed by atoms with E-state index in [4.69, 9.17) is 0 Å². The quantitative estimate of drug-likeness (QED) is 0.244. The lowest BCUT2D eigenvalue weighted by Crippen LogP contribution is -2.23. The maximum atomic E-state index is 3.79. The molecule has 0 aliphatic heterocycles. The van der Waals surface area contributed by atoms with Crippen molar-refractivity contribution in [3.63, 3.8) is 0 Å². The Kier molecular flexibility index (Phi) is 25.8. The topological polar surface area (TPSA) is 0 Å². The van der Waals surface area contributed by atoms with Crippen molar-refractivity contribution in [2.45, 2.75) is 96.8 Å². The Balaban J connectivity index is 0. The average molecular weight is 581 g/mol. The summed E-state index contributed by atoms with van der Waals surface area (Å²) >= 11 is 9.73. The van der Waals surface area contributed by atoms with Crippen LogP contribution >= 0.6 is 47.9 Å². The summed E-state index contributed by atoms with van der Waals surface area (Å²) in [6.45, 7) is 17.0. The van der Waals surface area contributed by atoms with Crippen molar-refractivity contribution >= 4 is 58.7 Å². The number of fused-ring (bicyclic) bond motifs is 1. The second-order valence-electron chi connectivity index (χ2n) is 8.58. The van der Waals surface area contributed by atoms with Gasteiger partial charge in [0.25, 0.3) is 0 Å². The zero-order valence-electron chi connectivity index (χ0n) is 25.7. The molecule has 0 bridgehead atoms. The van der Waals surface area contributed by atoms with Crippen LogP contribution in [-0.4, -0.2) is 33.8 Å². The molecule has 1 aliphatic rings. The first-order chi connectivity index (χ1) is 17.8. The first-order valence-electron chi connectivity index (χ1n) is 13.9. The van der Waals surface area contributed by atoms with E-state index in [0.29, 0.717) is 5.25 Å². The standard InChI is InChI=1S/C25H32S2.2C2H6S.2C2H6/c1-5-24(17-20-10-8-9-19(2)15-20)27-25(3,26-4)18-21-13-14-22-11-6-7-12-23(22)16-21;1-3-2;1-2-3;2*1-2/h6-7,10-16,24H,5,8-9,17-18H2,1-4H3;1-2H3;3H,2H2,1H3;2*1-2H3. The molecule has 4 heteroatoms. The molecule has 0 radical (unpaired) electrons. The molecule has 0 spiro atoms. The van der Waals surface area contributed by atoms with E-state index in [1.54, 1.807) is 17.3 Å². The molecule has 0 amide bonds. The fraction of sp³-hybridized carbons (Fsp3) is 0.576. The molecule has 2 aromatic carbocycles. The van der Waals surface area contributed by atoms with Crippen molar-refractivity contribution in [2.75, 3.05) is 24.5 Å². The van der Waals surface area contributed by atoms with E-state index in [1.165, 1.54) is 47.6 Å². The minimum absolute atomic E-state index is 0.205. The lowest BCUT2D eigenvalue weighted by atomic mass is 9.97. The Labute approximate surface area is 250 Å². The van der Waals surface area contributed by atoms with E-state index in [1.807, 2.05) is 58.9 Å². The summed E-state index contributed by atoms with van der Waals surface area (Å²) in [7, 11) is 0. The highest BCUT2D eigenvalue weighted by Gasteiger charge is 2.28. The number of hydrogen-bond donors (Lipinski definition) is 1. The van der Waals surface area contributed by atoms with Gasteiger partial charge >= 0.3 is 0 Å². The first kappa shape index (κ1) is 38.7. The van der Waals surface area contributed by atoms with Crippen LogP contribution < -0.4 is 0 Å². The van der Waals surface area contributed by atoms with Gasteiger partial charge in [0.2, 0.25) is 0 Å². The van der Waals surface area contributed by atoms with Gasteiger partial charge in [-0.05, 0) is 86.8 Å². The van der Waals surface area contributed by atoms with Crippen molar-refractivity contribution in [3.8, 4) is 0 Å². The number of hydrogen-bond acceptors (Lipinski definition) is 4. The van der Waals surface area contributed by atoms with Gasteiger partial charge in [0, 0.05) is 5.25 Å². The summed E-state index contributed by atoms with van der Waals surface area (Å²) in [4.78, 5) is 0. The molecule has 2 aromatic rings. The summed E-state index contributed by atoms with van der Waals surface area (Å²) in [6, 6.07) is 15.6. The van der Waals surface area contributed by atoms with Crippen molar-refractivity contribution in [2.24, 2.45) is 0 Å². The van der Waals surface area contributed by atoms with Gasteiger partial charge in [0.15, 0.2) is 0 Å². The molecule has 0 fully saturated rings. The van der Waals surface area contributed by atoms with Gasteiger partial charge < -0.3 is 0 Å². The Morgan fingerprint density at radius 1 is 0.946 bits per heavy atom. The van der Waals surface area contributed by atoms with Crippen LogP contribution in [0, 0.1) is 0 Å². The second-order valence-corrected chi connectivity index (χ2v) is 13.4. The second kappa shape index (κ2) is 24.6. The molecule has 0 aromatic heterocycles. The highest BCUT2D eigenvalue weighted by molar-refractivity contribution is 8.18. The van der Waals surface area contributed by atoms with Crippen LogP contribution in [0.15, 0.2) is 65.8 Å². The zero-order chi connectivity index (χ0) is 28.7. The van der Waals surface area contributed by atoms with Crippen molar-refractivity contribution in [1.82, 2.24) is 0 Å². The molecule has 0 nitrogen and oxygen atoms in total. The fourth-order valence-corrected chi connectivity index (χ4v) is 6.34. The molecule has 0 heterocycles. The average Bonchev–Trinajstić information content (AvgIpc) is 2.91. The smallest absolute Gasteiger partial charge is 0.0623 e. The highest BCUT2D eigenvalue weighted by atomic mass is 32.2. The third kappa shape index (κ3) is 17.0. The molecule has 0 N–H and O–H groups in total. The van der Waals surface area contributed by atoms with Gasteiger partial charge in [-0.25, -0.2) is 0 Å². The maximum absolute atomic E-state index is 3.79. The van der Waals surface area contributed by atoms with Gasteiger partial charge in [0.1, 0.15) is 0 Å². The maximum Gasteiger partial charge on any atom is 0.0623 e. The number of benzene rings is 2. The summed E-state index contributed by atoms with van der Waals surface area (Å²) in [5.41, 5.74) is 4.53. The van der Waals surface area contributed by atoms with Crippen LogP contribution in [0.1, 0.15) is 86.6 Å². The lowest BCUT2D eigenvalue weighted by molar-refractivity contribution is 0.783. The molecular formula is C33H56S4. The van der Waals surface area contributed by atoms with Gasteiger partial charge in [-0.15, -0.1) is 23.5 Å². The molecule has 1 aliphatic carbocycles. The molecule has 0 saturated carbocycles. The van der Waals surface area contributed by atoms with Crippen molar-refractivity contribution in [1.29, 1.82) is 0 Å². The summed E-state index contributed by atoms with van der Waals surface area (Å²) in [6.07, 6.45) is 17.2. The predicted octanol–water partition coefficient (Wildman–Crippen LogP) is 12.0. The van der Waals surface area contributed by atoms with E-state index in [9.17, 15) is 0 Å². The van der Waals surface area contributed by atoms with Crippen LogP contribution in [0.4, 0.5) is 0 Å². The van der Waals surface area contributed by atoms with Gasteiger partial charge in [0.05, 0.1) is 4.08 Å². The molecule has 212 valence electrons. The Morgan fingerprint density at radius 3 is 2.03 bits per heavy atom. The Hall–Kier alpha value is -0.420. The minimum Gasteiger partial charge on any atom is -0.180 e. The number of thioether (sulfide) groups is 3. The minimum atomic E-state index is 0.205.